The number of hydrogen-bond acceptors (Lipinski definition) is 6. The Hall–Kier alpha value is -2.65. The van der Waals surface area contributed by atoms with Crippen molar-refractivity contribution in [3.63, 3.8) is 0 Å². The average Bonchev–Trinajstić information content (AvgIpc) is 2.80. The predicted octanol–water partition coefficient (Wildman–Crippen LogP) is 3.99. The van der Waals surface area contributed by atoms with E-state index in [1.807, 2.05) is 18.3 Å². The van der Waals surface area contributed by atoms with Gasteiger partial charge in [-0.05, 0) is 62.8 Å². The van der Waals surface area contributed by atoms with Crippen molar-refractivity contribution in [3.05, 3.63) is 53.0 Å². The number of aldehydes is 1. The highest BCUT2D eigenvalue weighted by Gasteiger charge is 2.31. The lowest BCUT2D eigenvalue weighted by Crippen LogP contribution is -2.51. The van der Waals surface area contributed by atoms with Crippen molar-refractivity contribution >= 4 is 17.9 Å². The van der Waals surface area contributed by atoms with Crippen molar-refractivity contribution in [2.75, 3.05) is 13.1 Å². The second kappa shape index (κ2) is 9.44. The first-order valence-corrected chi connectivity index (χ1v) is 11.0. The molecule has 158 valence electrons. The Kier molecular flexibility index (Phi) is 6.49. The number of hydrogen-bond donors (Lipinski definition) is 1. The number of likely N-dealkylation sites (tertiary alicyclic amines) is 1. The quantitative estimate of drug-likeness (QED) is 0.718. The molecule has 1 aromatic rings. The molecule has 0 radical (unpaired) electrons. The number of ether oxygens (including phenoxy) is 1. The van der Waals surface area contributed by atoms with Crippen LogP contribution in [-0.2, 0) is 4.79 Å². The zero-order valence-electron chi connectivity index (χ0n) is 17.0. The van der Waals surface area contributed by atoms with E-state index in [4.69, 9.17) is 21.6 Å². The molecule has 2 heterocycles. The summed E-state index contributed by atoms with van der Waals surface area (Å²) in [6.07, 6.45) is 13.3. The second-order valence-electron chi connectivity index (χ2n) is 8.15. The van der Waals surface area contributed by atoms with Crippen LogP contribution in [-0.4, -0.2) is 41.4 Å². The molecule has 1 saturated heterocycles. The molecular formula is C23H27ClN4O2. The van der Waals surface area contributed by atoms with E-state index in [-0.39, 0.29) is 12.0 Å². The minimum atomic E-state index is 0.154. The van der Waals surface area contributed by atoms with Gasteiger partial charge in [0.25, 0.3) is 0 Å². The van der Waals surface area contributed by atoms with Crippen molar-refractivity contribution in [1.29, 1.82) is 5.26 Å². The Morgan fingerprint density at radius 2 is 1.93 bits per heavy atom. The van der Waals surface area contributed by atoms with Gasteiger partial charge in [0.15, 0.2) is 0 Å². The van der Waals surface area contributed by atoms with Gasteiger partial charge in [0, 0.05) is 31.3 Å². The first kappa shape index (κ1) is 20.6. The fourth-order valence-electron chi connectivity index (χ4n) is 4.49. The zero-order valence-corrected chi connectivity index (χ0v) is 17.7. The number of allylic oxidation sites excluding steroid dienone is 2. The van der Waals surface area contributed by atoms with Crippen molar-refractivity contribution in [1.82, 2.24) is 15.3 Å². The Morgan fingerprint density at radius 3 is 2.60 bits per heavy atom. The van der Waals surface area contributed by atoms with Crippen LogP contribution in [0.4, 0.5) is 0 Å². The van der Waals surface area contributed by atoms with Crippen LogP contribution in [0.3, 0.4) is 0 Å². The molecule has 0 bridgehead atoms. The fourth-order valence-corrected chi connectivity index (χ4v) is 4.71. The number of hydrazine groups is 1. The van der Waals surface area contributed by atoms with Gasteiger partial charge >= 0.3 is 0 Å². The molecule has 0 spiro atoms. The lowest BCUT2D eigenvalue weighted by molar-refractivity contribution is -0.112. The Bertz CT molecular complexity index is 862. The highest BCUT2D eigenvalue weighted by Crippen LogP contribution is 2.31. The number of halogens is 1. The molecule has 0 amide bonds. The van der Waals surface area contributed by atoms with Gasteiger partial charge in [0.2, 0.25) is 0 Å². The van der Waals surface area contributed by atoms with Crippen LogP contribution in [0.15, 0.2) is 42.4 Å². The molecule has 1 N–H and O–H groups in total. The summed E-state index contributed by atoms with van der Waals surface area (Å²) >= 11 is 6.13. The number of rotatable bonds is 5. The third-order valence-corrected chi connectivity index (χ3v) is 6.54. The Balaban J connectivity index is 1.33. The summed E-state index contributed by atoms with van der Waals surface area (Å²) in [7, 11) is 0. The van der Waals surface area contributed by atoms with E-state index in [1.165, 1.54) is 5.82 Å². The molecule has 1 saturated carbocycles. The van der Waals surface area contributed by atoms with Crippen LogP contribution >= 0.6 is 11.6 Å². The second-order valence-corrected chi connectivity index (χ2v) is 8.55. The number of piperidine rings is 1. The topological polar surface area (TPSA) is 68.6 Å². The van der Waals surface area contributed by atoms with E-state index in [0.29, 0.717) is 16.6 Å². The Morgan fingerprint density at radius 1 is 1.17 bits per heavy atom. The molecule has 2 aliphatic heterocycles. The summed E-state index contributed by atoms with van der Waals surface area (Å²) < 4.78 is 6.13. The summed E-state index contributed by atoms with van der Waals surface area (Å²) in [5.74, 6) is 2.12. The van der Waals surface area contributed by atoms with E-state index < -0.39 is 0 Å². The predicted molar refractivity (Wildman–Crippen MR) is 115 cm³/mol. The molecular weight excluding hydrogens is 400 g/mol. The molecule has 6 nitrogen and oxygen atoms in total. The van der Waals surface area contributed by atoms with Gasteiger partial charge < -0.3 is 19.9 Å². The van der Waals surface area contributed by atoms with E-state index in [1.54, 1.807) is 12.1 Å². The summed E-state index contributed by atoms with van der Waals surface area (Å²) in [5, 5.41) is 11.7. The Labute approximate surface area is 182 Å². The molecule has 3 aliphatic rings. The maximum Gasteiger partial charge on any atom is 0.123 e. The van der Waals surface area contributed by atoms with Gasteiger partial charge in [0.1, 0.15) is 23.9 Å². The molecule has 7 heteroatoms. The summed E-state index contributed by atoms with van der Waals surface area (Å²) in [6.45, 7) is 1.83. The highest BCUT2D eigenvalue weighted by molar-refractivity contribution is 6.31. The molecule has 30 heavy (non-hydrogen) atoms. The van der Waals surface area contributed by atoms with Gasteiger partial charge in [-0.15, -0.1) is 0 Å². The molecule has 0 unspecified atom stereocenters. The monoisotopic (exact) mass is 426 g/mol. The first-order valence-electron chi connectivity index (χ1n) is 10.7. The van der Waals surface area contributed by atoms with E-state index >= 15 is 0 Å². The molecule has 0 aromatic heterocycles. The average molecular weight is 427 g/mol. The maximum absolute atomic E-state index is 11.1. The van der Waals surface area contributed by atoms with Gasteiger partial charge in [-0.25, -0.2) is 0 Å². The van der Waals surface area contributed by atoms with Gasteiger partial charge in [-0.2, -0.15) is 5.26 Å². The minimum absolute atomic E-state index is 0.154. The van der Waals surface area contributed by atoms with Gasteiger partial charge in [-0.1, -0.05) is 11.6 Å². The third kappa shape index (κ3) is 4.57. The number of carbonyl (C=O) groups is 1. The van der Waals surface area contributed by atoms with E-state index in [2.05, 4.69) is 27.5 Å². The van der Waals surface area contributed by atoms with Crippen LogP contribution in [0, 0.1) is 17.2 Å². The highest BCUT2D eigenvalue weighted by atomic mass is 35.5. The summed E-state index contributed by atoms with van der Waals surface area (Å²) in [6, 6.07) is 7.72. The smallest absolute Gasteiger partial charge is 0.123 e. The molecule has 2 fully saturated rings. The van der Waals surface area contributed by atoms with Crippen LogP contribution in [0.2, 0.25) is 5.02 Å². The van der Waals surface area contributed by atoms with Crippen molar-refractivity contribution in [2.24, 2.45) is 5.92 Å². The number of nitriles is 1. The van der Waals surface area contributed by atoms with Crippen LogP contribution < -0.4 is 10.2 Å². The summed E-state index contributed by atoms with van der Waals surface area (Å²) in [4.78, 5) is 13.5. The number of carbonyl (C=O) groups excluding carboxylic acids is 1. The number of nitrogens with one attached hydrogen (secondary N) is 1. The van der Waals surface area contributed by atoms with Crippen molar-refractivity contribution in [2.45, 2.75) is 50.7 Å². The lowest BCUT2D eigenvalue weighted by atomic mass is 9.92. The zero-order chi connectivity index (χ0) is 20.9. The van der Waals surface area contributed by atoms with E-state index in [0.717, 1.165) is 63.7 Å². The summed E-state index contributed by atoms with van der Waals surface area (Å²) in [5.41, 5.74) is 3.90. The maximum atomic E-state index is 11.1. The SMILES string of the molecule is N#Cc1ccc(OC2CCC(N3NC=CC=C3N3CCC(C=O)CC3)CC2)cc1Cl. The number of benzene rings is 1. The van der Waals surface area contributed by atoms with Crippen molar-refractivity contribution < 1.29 is 9.53 Å². The minimum Gasteiger partial charge on any atom is -0.490 e. The fraction of sp³-hybridized carbons (Fsp3) is 0.478. The van der Waals surface area contributed by atoms with Crippen LogP contribution in [0.1, 0.15) is 44.1 Å². The standard InChI is InChI=1S/C23H27ClN4O2/c24-22-14-21(6-3-18(22)15-25)30-20-7-4-19(5-8-20)28-23(2-1-11-26-28)27-12-9-17(16-29)10-13-27/h1-3,6,11,14,16-17,19-20,26H,4-5,7-10,12-13H2. The molecule has 0 atom stereocenters. The largest absolute Gasteiger partial charge is 0.490 e. The number of nitrogens with zero attached hydrogens (tertiary/aromatic N) is 3. The molecule has 1 aromatic carbocycles. The van der Waals surface area contributed by atoms with E-state index in [9.17, 15) is 4.79 Å². The molecule has 1 aliphatic carbocycles. The van der Waals surface area contributed by atoms with Crippen molar-refractivity contribution in [3.8, 4) is 11.8 Å². The third-order valence-electron chi connectivity index (χ3n) is 6.23. The normalized spacial score (nSPS) is 24.6. The van der Waals surface area contributed by atoms with Gasteiger partial charge in [0.05, 0.1) is 22.7 Å². The van der Waals surface area contributed by atoms with Crippen LogP contribution in [0.25, 0.3) is 0 Å². The van der Waals surface area contributed by atoms with Crippen LogP contribution in [0.5, 0.6) is 5.75 Å². The van der Waals surface area contributed by atoms with Gasteiger partial charge in [-0.3, -0.25) is 5.01 Å². The lowest BCUT2D eigenvalue weighted by Gasteiger charge is -2.45. The molecule has 4 rings (SSSR count). The first-order chi connectivity index (χ1) is 14.7.